The maximum absolute atomic E-state index is 13.3. The molecular formula is C30H32N8O3. The molecule has 1 aliphatic rings. The summed E-state index contributed by atoms with van der Waals surface area (Å²) in [6.45, 7) is 10.7. The van der Waals surface area contributed by atoms with Crippen LogP contribution in [0.4, 0.5) is 5.82 Å². The van der Waals surface area contributed by atoms with E-state index in [1.807, 2.05) is 63.2 Å². The largest absolute Gasteiger partial charge is 0.455 e. The number of nitrogens with zero attached hydrogens (tertiary/aromatic N) is 8. The highest BCUT2D eigenvalue weighted by Gasteiger charge is 2.28. The molecule has 0 spiro atoms. The van der Waals surface area contributed by atoms with Gasteiger partial charge >= 0.3 is 5.97 Å². The lowest BCUT2D eigenvalue weighted by Gasteiger charge is -2.28. The first-order valence-electron chi connectivity index (χ1n) is 13.7. The minimum Gasteiger partial charge on any atom is -0.455 e. The summed E-state index contributed by atoms with van der Waals surface area (Å²) in [6, 6.07) is 13.5. The molecule has 0 N–H and O–H groups in total. The lowest BCUT2D eigenvalue weighted by atomic mass is 10.1. The van der Waals surface area contributed by atoms with Crippen molar-refractivity contribution >= 4 is 23.0 Å². The maximum Gasteiger partial charge on any atom is 0.360 e. The van der Waals surface area contributed by atoms with Crippen LogP contribution in [0.3, 0.4) is 0 Å². The van der Waals surface area contributed by atoms with Crippen molar-refractivity contribution in [1.29, 1.82) is 0 Å². The average molecular weight is 553 g/mol. The third kappa shape index (κ3) is 5.28. The lowest BCUT2D eigenvalue weighted by molar-refractivity contribution is 0.00632. The first kappa shape index (κ1) is 26.6. The molecule has 6 rings (SSSR count). The maximum atomic E-state index is 13.3. The van der Waals surface area contributed by atoms with Crippen LogP contribution in [0.25, 0.3) is 39.6 Å². The van der Waals surface area contributed by atoms with Crippen molar-refractivity contribution in [3.63, 3.8) is 0 Å². The van der Waals surface area contributed by atoms with Crippen molar-refractivity contribution in [2.75, 3.05) is 31.2 Å². The van der Waals surface area contributed by atoms with Crippen molar-refractivity contribution in [1.82, 2.24) is 34.3 Å². The Balaban J connectivity index is 1.56. The first-order chi connectivity index (χ1) is 19.8. The number of imidazole rings is 1. The van der Waals surface area contributed by atoms with E-state index in [4.69, 9.17) is 29.5 Å². The number of pyridine rings is 1. The number of fused-ring (bicyclic) bond motifs is 1. The normalized spacial score (nSPS) is 14.0. The van der Waals surface area contributed by atoms with Gasteiger partial charge in [-0.25, -0.2) is 14.5 Å². The van der Waals surface area contributed by atoms with Crippen LogP contribution in [-0.2, 0) is 16.0 Å². The molecule has 1 fully saturated rings. The Labute approximate surface area is 237 Å². The second-order valence-corrected chi connectivity index (χ2v) is 10.7. The van der Waals surface area contributed by atoms with Crippen LogP contribution >= 0.6 is 0 Å². The molecule has 0 saturated carbocycles. The Morgan fingerprint density at radius 2 is 1.71 bits per heavy atom. The Morgan fingerprint density at radius 1 is 0.976 bits per heavy atom. The molecule has 0 atom stereocenters. The van der Waals surface area contributed by atoms with E-state index in [1.165, 1.54) is 0 Å². The highest BCUT2D eigenvalue weighted by molar-refractivity contribution is 5.95. The highest BCUT2D eigenvalue weighted by atomic mass is 16.6. The van der Waals surface area contributed by atoms with Crippen molar-refractivity contribution in [2.24, 2.45) is 0 Å². The summed E-state index contributed by atoms with van der Waals surface area (Å²) in [4.78, 5) is 34.6. The van der Waals surface area contributed by atoms with Gasteiger partial charge in [-0.05, 0) is 45.4 Å². The van der Waals surface area contributed by atoms with Crippen molar-refractivity contribution < 1.29 is 14.3 Å². The number of carbonyl (C=O) groups excluding carboxylic acids is 1. The highest BCUT2D eigenvalue weighted by Crippen LogP contribution is 2.31. The predicted molar refractivity (Wildman–Crippen MR) is 155 cm³/mol. The summed E-state index contributed by atoms with van der Waals surface area (Å²) in [5.74, 6) is 1.31. The van der Waals surface area contributed by atoms with Gasteiger partial charge in [-0.2, -0.15) is 15.1 Å². The Bertz CT molecular complexity index is 1680. The Hall–Kier alpha value is -4.64. The molecule has 4 aromatic heterocycles. The van der Waals surface area contributed by atoms with Crippen LogP contribution in [0.15, 0.2) is 61.1 Å². The zero-order valence-electron chi connectivity index (χ0n) is 23.6. The molecule has 210 valence electrons. The zero-order chi connectivity index (χ0) is 28.6. The molecule has 0 radical (unpaired) electrons. The molecule has 0 unspecified atom stereocenters. The van der Waals surface area contributed by atoms with E-state index < -0.39 is 11.6 Å². The number of benzene rings is 1. The van der Waals surface area contributed by atoms with E-state index in [1.54, 1.807) is 23.3 Å². The minimum absolute atomic E-state index is 0.198. The Kier molecular flexibility index (Phi) is 6.96. The van der Waals surface area contributed by atoms with Gasteiger partial charge < -0.3 is 18.9 Å². The first-order valence-corrected chi connectivity index (χ1v) is 13.7. The van der Waals surface area contributed by atoms with Gasteiger partial charge in [0.15, 0.2) is 22.7 Å². The van der Waals surface area contributed by atoms with Gasteiger partial charge in [0.1, 0.15) is 11.4 Å². The van der Waals surface area contributed by atoms with Crippen molar-refractivity contribution in [3.05, 3.63) is 66.7 Å². The monoisotopic (exact) mass is 552 g/mol. The van der Waals surface area contributed by atoms with Crippen LogP contribution in [0.2, 0.25) is 0 Å². The minimum atomic E-state index is -0.676. The van der Waals surface area contributed by atoms with Crippen molar-refractivity contribution in [3.8, 4) is 28.5 Å². The van der Waals surface area contributed by atoms with Crippen LogP contribution in [0, 0.1) is 0 Å². The predicted octanol–water partition coefficient (Wildman–Crippen LogP) is 4.55. The number of hydrogen-bond donors (Lipinski definition) is 0. The molecule has 41 heavy (non-hydrogen) atoms. The van der Waals surface area contributed by atoms with E-state index in [0.29, 0.717) is 61.3 Å². The number of morpholine rings is 1. The second kappa shape index (κ2) is 10.7. The van der Waals surface area contributed by atoms with Gasteiger partial charge in [0.05, 0.1) is 13.2 Å². The summed E-state index contributed by atoms with van der Waals surface area (Å²) in [5.41, 5.74) is 3.32. The third-order valence-corrected chi connectivity index (χ3v) is 6.73. The van der Waals surface area contributed by atoms with Crippen LogP contribution in [0.1, 0.15) is 38.2 Å². The van der Waals surface area contributed by atoms with E-state index >= 15 is 0 Å². The topological polar surface area (TPSA) is 113 Å². The van der Waals surface area contributed by atoms with Gasteiger partial charge in [-0.1, -0.05) is 30.3 Å². The molecule has 0 bridgehead atoms. The number of aryl methyl sites for hydroxylation is 1. The number of esters is 1. The van der Waals surface area contributed by atoms with Crippen LogP contribution < -0.4 is 4.90 Å². The number of aromatic nitrogens is 7. The van der Waals surface area contributed by atoms with E-state index in [-0.39, 0.29) is 5.69 Å². The van der Waals surface area contributed by atoms with Crippen LogP contribution in [0.5, 0.6) is 0 Å². The molecule has 11 heteroatoms. The van der Waals surface area contributed by atoms with Gasteiger partial charge in [0.25, 0.3) is 5.95 Å². The van der Waals surface area contributed by atoms with Gasteiger partial charge in [0, 0.05) is 49.4 Å². The van der Waals surface area contributed by atoms with Gasteiger partial charge in [-0.3, -0.25) is 4.98 Å². The molecule has 0 aliphatic carbocycles. The van der Waals surface area contributed by atoms with E-state index in [2.05, 4.69) is 21.4 Å². The molecule has 1 aromatic carbocycles. The Morgan fingerprint density at radius 3 is 2.39 bits per heavy atom. The molecule has 0 amide bonds. The summed E-state index contributed by atoms with van der Waals surface area (Å²) >= 11 is 0. The standard InChI is InChI=1S/C30H32N8O3/c1-5-37-25(21-11-13-31-14-12-21)32-24-26(36-15-17-40-18-16-36)33-29(34-27(24)37)38-19-22(20-9-7-6-8-10-20)23(35-38)28(39)41-30(2,3)4/h6-14,19H,5,15-18H2,1-4H3. The average Bonchev–Trinajstić information content (AvgIpc) is 3.60. The van der Waals surface area contributed by atoms with Crippen molar-refractivity contribution in [2.45, 2.75) is 39.8 Å². The molecule has 1 aliphatic heterocycles. The fourth-order valence-corrected chi connectivity index (χ4v) is 4.88. The fraction of sp³-hybridized carbons (Fsp3) is 0.333. The SMILES string of the molecule is CCn1c(-c2ccncc2)nc2c(N3CCOCC3)nc(-n3cc(-c4ccccc4)c(C(=O)OC(C)(C)C)n3)nc21. The smallest absolute Gasteiger partial charge is 0.360 e. The molecule has 5 heterocycles. The van der Waals surface area contributed by atoms with E-state index in [0.717, 1.165) is 17.0 Å². The quantitative estimate of drug-likeness (QED) is 0.280. The lowest BCUT2D eigenvalue weighted by Crippen LogP contribution is -2.37. The summed E-state index contributed by atoms with van der Waals surface area (Å²) in [7, 11) is 0. The summed E-state index contributed by atoms with van der Waals surface area (Å²) in [5, 5.41) is 4.69. The molecule has 5 aromatic rings. The van der Waals surface area contributed by atoms with Crippen LogP contribution in [-0.4, -0.2) is 72.2 Å². The second-order valence-electron chi connectivity index (χ2n) is 10.7. The number of rotatable bonds is 6. The number of ether oxygens (including phenoxy) is 2. The third-order valence-electron chi connectivity index (χ3n) is 6.73. The summed E-state index contributed by atoms with van der Waals surface area (Å²) < 4.78 is 15.0. The number of anilines is 1. The van der Waals surface area contributed by atoms with E-state index in [9.17, 15) is 4.79 Å². The van der Waals surface area contributed by atoms with Gasteiger partial charge in [0.2, 0.25) is 0 Å². The fourth-order valence-electron chi connectivity index (χ4n) is 4.88. The zero-order valence-corrected chi connectivity index (χ0v) is 23.6. The molecular weight excluding hydrogens is 520 g/mol. The summed E-state index contributed by atoms with van der Waals surface area (Å²) in [6.07, 6.45) is 5.29. The number of carbonyl (C=O) groups is 1. The molecule has 1 saturated heterocycles. The molecule has 11 nitrogen and oxygen atoms in total. The van der Waals surface area contributed by atoms with Gasteiger partial charge in [-0.15, -0.1) is 0 Å². The number of hydrogen-bond acceptors (Lipinski definition) is 9.